The Labute approximate surface area is 91.8 Å². The molecule has 1 atom stereocenters. The molecule has 1 unspecified atom stereocenters. The Hall–Kier alpha value is -1.24. The third kappa shape index (κ3) is 2.06. The zero-order valence-electron chi connectivity index (χ0n) is 9.49. The highest BCUT2D eigenvalue weighted by atomic mass is 16.5. The van der Waals surface area contributed by atoms with Gasteiger partial charge in [0.15, 0.2) is 0 Å². The molecule has 0 N–H and O–H groups in total. The quantitative estimate of drug-likeness (QED) is 0.674. The van der Waals surface area contributed by atoms with E-state index in [1.54, 1.807) is 7.11 Å². The van der Waals surface area contributed by atoms with Crippen molar-refractivity contribution in [3.8, 4) is 5.75 Å². The number of methoxy groups -OCH3 is 1. The molecule has 1 saturated carbocycles. The highest BCUT2D eigenvalue weighted by Crippen LogP contribution is 2.44. The summed E-state index contributed by atoms with van der Waals surface area (Å²) in [5.41, 5.74) is 2.66. The lowest BCUT2D eigenvalue weighted by Crippen LogP contribution is -1.94. The molecule has 0 bridgehead atoms. The van der Waals surface area contributed by atoms with Gasteiger partial charge in [-0.2, -0.15) is 0 Å². The Balaban J connectivity index is 2.33. The average molecular weight is 202 g/mol. The van der Waals surface area contributed by atoms with Gasteiger partial charge in [-0.25, -0.2) is 0 Å². The van der Waals surface area contributed by atoms with Gasteiger partial charge < -0.3 is 4.74 Å². The predicted molar refractivity (Wildman–Crippen MR) is 63.6 cm³/mol. The number of rotatable bonds is 4. The van der Waals surface area contributed by atoms with E-state index in [9.17, 15) is 0 Å². The molecule has 0 aromatic heterocycles. The second kappa shape index (κ2) is 4.09. The van der Waals surface area contributed by atoms with Crippen molar-refractivity contribution in [1.82, 2.24) is 0 Å². The number of benzene rings is 1. The lowest BCUT2D eigenvalue weighted by molar-refractivity contribution is 0.409. The third-order valence-electron chi connectivity index (χ3n) is 3.15. The first-order valence-corrected chi connectivity index (χ1v) is 5.56. The van der Waals surface area contributed by atoms with Crippen LogP contribution >= 0.6 is 0 Å². The zero-order valence-corrected chi connectivity index (χ0v) is 9.49. The molecular formula is C14H18O. The summed E-state index contributed by atoms with van der Waals surface area (Å²) in [6.07, 6.45) is 4.59. The zero-order chi connectivity index (χ0) is 10.8. The highest BCUT2D eigenvalue weighted by Gasteiger charge is 2.26. The van der Waals surface area contributed by atoms with Gasteiger partial charge in [0.05, 0.1) is 7.11 Å². The predicted octanol–water partition coefficient (Wildman–Crippen LogP) is 3.86. The fourth-order valence-electron chi connectivity index (χ4n) is 1.88. The molecule has 0 spiro atoms. The number of allylic oxidation sites excluding steroid dienone is 1. The summed E-state index contributed by atoms with van der Waals surface area (Å²) in [6, 6.07) is 6.56. The van der Waals surface area contributed by atoms with Crippen molar-refractivity contribution in [3.63, 3.8) is 0 Å². The summed E-state index contributed by atoms with van der Waals surface area (Å²) < 4.78 is 5.45. The summed E-state index contributed by atoms with van der Waals surface area (Å²) in [5, 5.41) is 0. The molecule has 1 nitrogen and oxygen atoms in total. The second-order valence-electron chi connectivity index (χ2n) is 4.30. The van der Waals surface area contributed by atoms with E-state index < -0.39 is 0 Å². The van der Waals surface area contributed by atoms with Gasteiger partial charge in [0.2, 0.25) is 0 Å². The third-order valence-corrected chi connectivity index (χ3v) is 3.15. The van der Waals surface area contributed by atoms with Crippen molar-refractivity contribution >= 4 is 0 Å². The molecule has 0 heterocycles. The van der Waals surface area contributed by atoms with Gasteiger partial charge in [-0.15, -0.1) is 6.58 Å². The lowest BCUT2D eigenvalue weighted by Gasteiger charge is -2.12. The molecule has 0 saturated heterocycles. The van der Waals surface area contributed by atoms with E-state index in [1.807, 2.05) is 6.08 Å². The van der Waals surface area contributed by atoms with Crippen molar-refractivity contribution in [3.05, 3.63) is 42.0 Å². The van der Waals surface area contributed by atoms with Gasteiger partial charge in [0.25, 0.3) is 0 Å². The first kappa shape index (κ1) is 10.3. The van der Waals surface area contributed by atoms with Crippen molar-refractivity contribution in [1.29, 1.82) is 0 Å². The van der Waals surface area contributed by atoms with Crippen LogP contribution in [0.4, 0.5) is 0 Å². The molecule has 15 heavy (non-hydrogen) atoms. The Morgan fingerprint density at radius 3 is 2.73 bits per heavy atom. The normalized spacial score (nSPS) is 17.2. The molecule has 1 heteroatoms. The molecule has 1 aliphatic rings. The Morgan fingerprint density at radius 2 is 2.20 bits per heavy atom. The minimum absolute atomic E-state index is 0.396. The molecule has 80 valence electrons. The van der Waals surface area contributed by atoms with Gasteiger partial charge in [-0.05, 0) is 41.9 Å². The fraction of sp³-hybridized carbons (Fsp3) is 0.429. The van der Waals surface area contributed by atoms with E-state index >= 15 is 0 Å². The summed E-state index contributed by atoms with van der Waals surface area (Å²) in [5.74, 6) is 2.18. The number of hydrogen-bond acceptors (Lipinski definition) is 1. The first-order chi connectivity index (χ1) is 7.26. The monoisotopic (exact) mass is 202 g/mol. The van der Waals surface area contributed by atoms with Crippen LogP contribution in [0.1, 0.15) is 42.7 Å². The summed E-state index contributed by atoms with van der Waals surface area (Å²) in [7, 11) is 1.75. The van der Waals surface area contributed by atoms with Crippen LogP contribution < -0.4 is 4.74 Å². The summed E-state index contributed by atoms with van der Waals surface area (Å²) >= 11 is 0. The second-order valence-corrected chi connectivity index (χ2v) is 4.30. The minimum Gasteiger partial charge on any atom is -0.496 e. The van der Waals surface area contributed by atoms with E-state index in [1.165, 1.54) is 24.0 Å². The standard InChI is InChI=1S/C14H18O/c1-4-10(2)12-7-8-13(11-5-6-11)14(9-12)15-3/h4,7-11H,1,5-6H2,2-3H3. The van der Waals surface area contributed by atoms with Crippen molar-refractivity contribution in [2.75, 3.05) is 7.11 Å². The van der Waals surface area contributed by atoms with E-state index in [2.05, 4.69) is 31.7 Å². The van der Waals surface area contributed by atoms with Crippen LogP contribution in [0.3, 0.4) is 0 Å². The Kier molecular flexibility index (Phi) is 2.81. The minimum atomic E-state index is 0.396. The molecule has 0 radical (unpaired) electrons. The maximum atomic E-state index is 5.45. The topological polar surface area (TPSA) is 9.23 Å². The number of hydrogen-bond donors (Lipinski definition) is 0. The van der Waals surface area contributed by atoms with Gasteiger partial charge in [-0.3, -0.25) is 0 Å². The first-order valence-electron chi connectivity index (χ1n) is 5.56. The highest BCUT2D eigenvalue weighted by molar-refractivity contribution is 5.43. The van der Waals surface area contributed by atoms with Crippen LogP contribution in [0.15, 0.2) is 30.9 Å². The van der Waals surface area contributed by atoms with Crippen LogP contribution in [-0.4, -0.2) is 7.11 Å². The maximum Gasteiger partial charge on any atom is 0.122 e. The molecule has 1 aromatic rings. The smallest absolute Gasteiger partial charge is 0.122 e. The fourth-order valence-corrected chi connectivity index (χ4v) is 1.88. The molecule has 1 aromatic carbocycles. The Bertz CT molecular complexity index is 364. The van der Waals surface area contributed by atoms with Crippen molar-refractivity contribution in [2.45, 2.75) is 31.6 Å². The van der Waals surface area contributed by atoms with E-state index in [0.29, 0.717) is 5.92 Å². The van der Waals surface area contributed by atoms with Crippen LogP contribution in [0, 0.1) is 0 Å². The SMILES string of the molecule is C=CC(C)c1ccc(C2CC2)c(OC)c1. The molecular weight excluding hydrogens is 184 g/mol. The lowest BCUT2D eigenvalue weighted by atomic mass is 9.98. The van der Waals surface area contributed by atoms with Crippen LogP contribution in [0.25, 0.3) is 0 Å². The largest absolute Gasteiger partial charge is 0.496 e. The molecule has 0 aliphatic heterocycles. The maximum absolute atomic E-state index is 5.45. The van der Waals surface area contributed by atoms with Crippen LogP contribution in [-0.2, 0) is 0 Å². The van der Waals surface area contributed by atoms with E-state index in [-0.39, 0.29) is 0 Å². The molecule has 0 amide bonds. The number of ether oxygens (including phenoxy) is 1. The molecule has 1 aliphatic carbocycles. The van der Waals surface area contributed by atoms with Gasteiger partial charge in [0.1, 0.15) is 5.75 Å². The summed E-state index contributed by atoms with van der Waals surface area (Å²) in [4.78, 5) is 0. The van der Waals surface area contributed by atoms with Gasteiger partial charge >= 0.3 is 0 Å². The van der Waals surface area contributed by atoms with Crippen LogP contribution in [0.2, 0.25) is 0 Å². The van der Waals surface area contributed by atoms with Gasteiger partial charge in [-0.1, -0.05) is 25.1 Å². The van der Waals surface area contributed by atoms with Crippen LogP contribution in [0.5, 0.6) is 5.75 Å². The van der Waals surface area contributed by atoms with E-state index in [0.717, 1.165) is 11.7 Å². The van der Waals surface area contributed by atoms with Gasteiger partial charge in [0, 0.05) is 0 Å². The van der Waals surface area contributed by atoms with Crippen molar-refractivity contribution < 1.29 is 4.74 Å². The molecule has 2 rings (SSSR count). The van der Waals surface area contributed by atoms with Crippen molar-refractivity contribution in [2.24, 2.45) is 0 Å². The summed E-state index contributed by atoms with van der Waals surface area (Å²) in [6.45, 7) is 5.97. The van der Waals surface area contributed by atoms with E-state index in [4.69, 9.17) is 4.74 Å². The average Bonchev–Trinajstić information content (AvgIpc) is 3.11. The molecule has 1 fully saturated rings. The Morgan fingerprint density at radius 1 is 1.47 bits per heavy atom.